The van der Waals surface area contributed by atoms with Crippen LogP contribution in [0.2, 0.25) is 0 Å². The van der Waals surface area contributed by atoms with Gasteiger partial charge in [0.05, 0.1) is 23.2 Å². The first-order chi connectivity index (χ1) is 9.65. The minimum absolute atomic E-state index is 0.00151. The van der Waals surface area contributed by atoms with E-state index in [0.29, 0.717) is 6.42 Å². The molecule has 0 amide bonds. The zero-order chi connectivity index (χ0) is 15.8. The Labute approximate surface area is 128 Å². The van der Waals surface area contributed by atoms with Crippen LogP contribution in [0.25, 0.3) is 0 Å². The molecule has 21 heavy (non-hydrogen) atoms. The van der Waals surface area contributed by atoms with Crippen LogP contribution in [0.4, 0.5) is 0 Å². The van der Waals surface area contributed by atoms with Crippen LogP contribution in [-0.2, 0) is 16.4 Å². The highest BCUT2D eigenvalue weighted by molar-refractivity contribution is 7.91. The molecule has 2 rings (SSSR count). The minimum atomic E-state index is -2.88. The molecular formula is C15H27N3O2S. The summed E-state index contributed by atoms with van der Waals surface area (Å²) < 4.78 is 25.2. The third kappa shape index (κ3) is 3.66. The summed E-state index contributed by atoms with van der Waals surface area (Å²) in [5, 5.41) is 8.15. The summed E-state index contributed by atoms with van der Waals surface area (Å²) in [4.78, 5) is 0. The average Bonchev–Trinajstić information content (AvgIpc) is 2.88. The molecule has 1 aromatic heterocycles. The van der Waals surface area contributed by atoms with Crippen LogP contribution in [0, 0.1) is 13.8 Å². The number of hydrogen-bond acceptors (Lipinski definition) is 4. The second-order valence-electron chi connectivity index (χ2n) is 6.74. The summed E-state index contributed by atoms with van der Waals surface area (Å²) in [5.74, 6) is 0.509. The van der Waals surface area contributed by atoms with Gasteiger partial charge < -0.3 is 5.32 Å². The molecule has 0 aliphatic carbocycles. The van der Waals surface area contributed by atoms with Crippen LogP contribution in [0.3, 0.4) is 0 Å². The van der Waals surface area contributed by atoms with Crippen LogP contribution in [-0.4, -0.2) is 35.2 Å². The molecule has 5 nitrogen and oxygen atoms in total. The van der Waals surface area contributed by atoms with E-state index in [4.69, 9.17) is 0 Å². The fourth-order valence-corrected chi connectivity index (χ4v) is 4.42. The van der Waals surface area contributed by atoms with Crippen LogP contribution in [0.1, 0.15) is 56.6 Å². The van der Waals surface area contributed by atoms with Crippen molar-refractivity contribution in [2.45, 2.75) is 65.6 Å². The van der Waals surface area contributed by atoms with E-state index < -0.39 is 9.84 Å². The van der Waals surface area contributed by atoms with Gasteiger partial charge in [-0.1, -0.05) is 6.92 Å². The Morgan fingerprint density at radius 1 is 1.38 bits per heavy atom. The van der Waals surface area contributed by atoms with Crippen molar-refractivity contribution in [1.82, 2.24) is 15.1 Å². The maximum Gasteiger partial charge on any atom is 0.152 e. The van der Waals surface area contributed by atoms with E-state index in [-0.39, 0.29) is 23.1 Å². The first-order valence-electron chi connectivity index (χ1n) is 7.65. The van der Waals surface area contributed by atoms with Gasteiger partial charge in [-0.25, -0.2) is 8.42 Å². The van der Waals surface area contributed by atoms with Gasteiger partial charge in [0.15, 0.2) is 9.84 Å². The van der Waals surface area contributed by atoms with Gasteiger partial charge in [0.25, 0.3) is 0 Å². The number of nitrogens with zero attached hydrogens (tertiary/aromatic N) is 2. The molecule has 1 fully saturated rings. The highest BCUT2D eigenvalue weighted by atomic mass is 32.2. The molecule has 0 bridgehead atoms. The second kappa shape index (κ2) is 5.72. The maximum absolute atomic E-state index is 11.7. The predicted octanol–water partition coefficient (Wildman–Crippen LogP) is 2.14. The molecule has 1 unspecified atom stereocenters. The lowest BCUT2D eigenvalue weighted by Gasteiger charge is -2.24. The maximum atomic E-state index is 11.7. The van der Waals surface area contributed by atoms with Crippen molar-refractivity contribution >= 4 is 9.84 Å². The van der Waals surface area contributed by atoms with Gasteiger partial charge in [-0.05, 0) is 40.5 Å². The van der Waals surface area contributed by atoms with Crippen molar-refractivity contribution in [3.8, 4) is 0 Å². The molecule has 1 aromatic rings. The van der Waals surface area contributed by atoms with Crippen molar-refractivity contribution in [1.29, 1.82) is 0 Å². The molecule has 0 radical (unpaired) electrons. The van der Waals surface area contributed by atoms with E-state index in [9.17, 15) is 8.42 Å². The molecular weight excluding hydrogens is 286 g/mol. The molecule has 0 saturated carbocycles. The van der Waals surface area contributed by atoms with Gasteiger partial charge in [0.2, 0.25) is 0 Å². The Morgan fingerprint density at radius 2 is 2.05 bits per heavy atom. The highest BCUT2D eigenvalue weighted by Crippen LogP contribution is 2.27. The molecule has 2 heterocycles. The van der Waals surface area contributed by atoms with Crippen molar-refractivity contribution in [2.75, 3.05) is 11.5 Å². The summed E-state index contributed by atoms with van der Waals surface area (Å²) in [6.45, 7) is 11.4. The van der Waals surface area contributed by atoms with E-state index in [0.717, 1.165) is 24.4 Å². The Hall–Kier alpha value is -0.880. The Kier molecular flexibility index (Phi) is 4.49. The fraction of sp³-hybridized carbons (Fsp3) is 0.800. The molecule has 1 aliphatic heterocycles. The summed E-state index contributed by atoms with van der Waals surface area (Å²) >= 11 is 0. The Bertz CT molecular complexity index is 617. The fourth-order valence-electron chi connectivity index (χ4n) is 2.73. The number of nitrogens with one attached hydrogen (secondary N) is 1. The van der Waals surface area contributed by atoms with E-state index in [1.807, 2.05) is 18.5 Å². The smallest absolute Gasteiger partial charge is 0.152 e. The minimum Gasteiger partial charge on any atom is -0.308 e. The monoisotopic (exact) mass is 313 g/mol. The SMILES string of the molecule is CCC(C)(C)NCc1c(C)nn(C2CCS(=O)(=O)C2)c1C. The molecule has 0 aromatic carbocycles. The topological polar surface area (TPSA) is 64.0 Å². The van der Waals surface area contributed by atoms with Gasteiger partial charge in [-0.15, -0.1) is 0 Å². The van der Waals surface area contributed by atoms with E-state index in [1.54, 1.807) is 0 Å². The number of hydrogen-bond donors (Lipinski definition) is 1. The van der Waals surface area contributed by atoms with E-state index >= 15 is 0 Å². The molecule has 1 atom stereocenters. The number of sulfone groups is 1. The zero-order valence-corrected chi connectivity index (χ0v) is 14.5. The standard InChI is InChI=1S/C15H27N3O2S/c1-6-15(4,5)16-9-14-11(2)17-18(12(14)3)13-7-8-21(19,20)10-13/h13,16H,6-10H2,1-5H3. The molecule has 6 heteroatoms. The van der Waals surface area contributed by atoms with Gasteiger partial charge >= 0.3 is 0 Å². The van der Waals surface area contributed by atoms with Gasteiger partial charge in [0.1, 0.15) is 0 Å². The summed E-state index contributed by atoms with van der Waals surface area (Å²) in [6.07, 6.45) is 1.73. The average molecular weight is 313 g/mol. The molecule has 1 N–H and O–H groups in total. The first kappa shape index (κ1) is 16.5. The third-order valence-corrected chi connectivity index (χ3v) is 6.41. The number of rotatable bonds is 5. The lowest BCUT2D eigenvalue weighted by Crippen LogP contribution is -2.38. The van der Waals surface area contributed by atoms with Crippen LogP contribution in [0.5, 0.6) is 0 Å². The molecule has 120 valence electrons. The lowest BCUT2D eigenvalue weighted by molar-refractivity contribution is 0.373. The summed E-state index contributed by atoms with van der Waals surface area (Å²) in [7, 11) is -2.88. The van der Waals surface area contributed by atoms with Gasteiger partial charge in [-0.2, -0.15) is 5.10 Å². The van der Waals surface area contributed by atoms with Crippen molar-refractivity contribution in [3.05, 3.63) is 17.0 Å². The lowest BCUT2D eigenvalue weighted by atomic mass is 10.0. The Morgan fingerprint density at radius 3 is 2.57 bits per heavy atom. The van der Waals surface area contributed by atoms with Crippen molar-refractivity contribution in [3.63, 3.8) is 0 Å². The van der Waals surface area contributed by atoms with Crippen molar-refractivity contribution < 1.29 is 8.42 Å². The second-order valence-corrected chi connectivity index (χ2v) is 8.97. The first-order valence-corrected chi connectivity index (χ1v) is 9.47. The van der Waals surface area contributed by atoms with Crippen LogP contribution in [0.15, 0.2) is 0 Å². The quantitative estimate of drug-likeness (QED) is 0.904. The normalized spacial score (nSPS) is 21.9. The summed E-state index contributed by atoms with van der Waals surface area (Å²) in [6, 6.07) is 0.00151. The van der Waals surface area contributed by atoms with Crippen LogP contribution >= 0.6 is 0 Å². The number of aromatic nitrogens is 2. The Balaban J connectivity index is 2.18. The van der Waals surface area contributed by atoms with E-state index in [1.165, 1.54) is 5.56 Å². The largest absolute Gasteiger partial charge is 0.308 e. The van der Waals surface area contributed by atoms with Gasteiger partial charge in [0, 0.05) is 23.3 Å². The van der Waals surface area contributed by atoms with Crippen molar-refractivity contribution in [2.24, 2.45) is 0 Å². The number of aryl methyl sites for hydroxylation is 1. The highest BCUT2D eigenvalue weighted by Gasteiger charge is 2.31. The molecule has 0 spiro atoms. The predicted molar refractivity (Wildman–Crippen MR) is 85.2 cm³/mol. The zero-order valence-electron chi connectivity index (χ0n) is 13.7. The molecule has 1 saturated heterocycles. The van der Waals surface area contributed by atoms with E-state index in [2.05, 4.69) is 31.2 Å². The van der Waals surface area contributed by atoms with Gasteiger partial charge in [-0.3, -0.25) is 4.68 Å². The van der Waals surface area contributed by atoms with Crippen LogP contribution < -0.4 is 5.32 Å². The molecule has 1 aliphatic rings. The third-order valence-electron chi connectivity index (χ3n) is 4.66. The summed E-state index contributed by atoms with van der Waals surface area (Å²) in [5.41, 5.74) is 3.38.